The number of H-pyrrole nitrogens is 2. The summed E-state index contributed by atoms with van der Waals surface area (Å²) in [6.45, 7) is 0.115. The highest BCUT2D eigenvalue weighted by Crippen LogP contribution is 1.90. The molecule has 0 aliphatic heterocycles. The molecule has 8 heteroatoms. The van der Waals surface area contributed by atoms with Crippen molar-refractivity contribution in [2.45, 2.75) is 6.54 Å². The number of aromatic nitrogens is 5. The summed E-state index contributed by atoms with van der Waals surface area (Å²) in [5.41, 5.74) is -0.390. The Morgan fingerprint density at radius 2 is 2.38 bits per heavy atom. The highest BCUT2D eigenvalue weighted by Gasteiger charge is 2.09. The van der Waals surface area contributed by atoms with Gasteiger partial charge in [-0.15, -0.1) is 10.2 Å². The van der Waals surface area contributed by atoms with Gasteiger partial charge in [-0.1, -0.05) is 5.21 Å². The van der Waals surface area contributed by atoms with Crippen LogP contribution in [0.2, 0.25) is 0 Å². The van der Waals surface area contributed by atoms with Crippen molar-refractivity contribution in [3.8, 4) is 0 Å². The molecule has 0 radical (unpaired) electrons. The lowest BCUT2D eigenvalue weighted by molar-refractivity contribution is 0.0948. The number of pyridine rings is 1. The van der Waals surface area contributed by atoms with Gasteiger partial charge in [0.25, 0.3) is 11.5 Å². The van der Waals surface area contributed by atoms with Crippen molar-refractivity contribution >= 4 is 5.91 Å². The molecule has 0 aliphatic rings. The van der Waals surface area contributed by atoms with Crippen LogP contribution >= 0.6 is 0 Å². The van der Waals surface area contributed by atoms with E-state index in [0.29, 0.717) is 5.82 Å². The molecule has 2 aromatic rings. The number of hydrogen-bond donors (Lipinski definition) is 3. The minimum absolute atomic E-state index is 0.0472. The Balaban J connectivity index is 2.04. The minimum Gasteiger partial charge on any atom is -0.344 e. The van der Waals surface area contributed by atoms with Crippen LogP contribution in [0.1, 0.15) is 16.2 Å². The Morgan fingerprint density at radius 3 is 3.06 bits per heavy atom. The van der Waals surface area contributed by atoms with Gasteiger partial charge in [-0.2, -0.15) is 5.21 Å². The molecule has 3 N–H and O–H groups in total. The lowest BCUT2D eigenvalue weighted by atomic mass is 10.2. The zero-order valence-electron chi connectivity index (χ0n) is 8.10. The van der Waals surface area contributed by atoms with Crippen molar-refractivity contribution in [2.24, 2.45) is 0 Å². The van der Waals surface area contributed by atoms with Crippen molar-refractivity contribution in [3.05, 3.63) is 40.1 Å². The van der Waals surface area contributed by atoms with Gasteiger partial charge in [-0.05, 0) is 12.1 Å². The van der Waals surface area contributed by atoms with Crippen molar-refractivity contribution < 1.29 is 4.79 Å². The van der Waals surface area contributed by atoms with E-state index in [2.05, 4.69) is 30.9 Å². The fraction of sp³-hybridized carbons (Fsp3) is 0.125. The molecule has 0 spiro atoms. The SMILES string of the molecule is O=C(NCc1nn[nH]n1)c1ccc[nH]c1=O. The van der Waals surface area contributed by atoms with E-state index in [1.165, 1.54) is 12.3 Å². The molecule has 0 bridgehead atoms. The van der Waals surface area contributed by atoms with Gasteiger partial charge in [0.2, 0.25) is 0 Å². The topological polar surface area (TPSA) is 116 Å². The molecule has 0 aromatic carbocycles. The summed E-state index contributed by atoms with van der Waals surface area (Å²) in [5.74, 6) is -0.132. The maximum absolute atomic E-state index is 11.5. The molecule has 0 saturated carbocycles. The Bertz CT molecular complexity index is 531. The fourth-order valence-electron chi connectivity index (χ4n) is 1.11. The Morgan fingerprint density at radius 1 is 1.50 bits per heavy atom. The molecule has 0 fully saturated rings. The van der Waals surface area contributed by atoms with Gasteiger partial charge < -0.3 is 10.3 Å². The zero-order chi connectivity index (χ0) is 11.4. The molecule has 2 rings (SSSR count). The van der Waals surface area contributed by atoms with Crippen molar-refractivity contribution in [1.82, 2.24) is 30.9 Å². The number of carbonyl (C=O) groups is 1. The zero-order valence-corrected chi connectivity index (χ0v) is 8.10. The van der Waals surface area contributed by atoms with E-state index in [0.717, 1.165) is 0 Å². The van der Waals surface area contributed by atoms with Gasteiger partial charge >= 0.3 is 0 Å². The summed E-state index contributed by atoms with van der Waals surface area (Å²) in [4.78, 5) is 25.2. The Labute approximate surface area is 89.1 Å². The van der Waals surface area contributed by atoms with Crippen LogP contribution in [-0.4, -0.2) is 31.5 Å². The summed E-state index contributed by atoms with van der Waals surface area (Å²) in [7, 11) is 0. The maximum Gasteiger partial charge on any atom is 0.260 e. The predicted octanol–water partition coefficient (Wildman–Crippen LogP) is -1.18. The second kappa shape index (κ2) is 4.34. The van der Waals surface area contributed by atoms with Crippen LogP contribution in [-0.2, 0) is 6.54 Å². The van der Waals surface area contributed by atoms with Crippen molar-refractivity contribution in [1.29, 1.82) is 0 Å². The quantitative estimate of drug-likeness (QED) is 0.601. The summed E-state index contributed by atoms with van der Waals surface area (Å²) < 4.78 is 0. The molecule has 2 heterocycles. The van der Waals surface area contributed by atoms with Crippen molar-refractivity contribution in [3.63, 3.8) is 0 Å². The van der Waals surface area contributed by atoms with Gasteiger partial charge in [0, 0.05) is 6.20 Å². The standard InChI is InChI=1S/C8H8N6O2/c15-7-5(2-1-3-9-7)8(16)10-4-6-11-13-14-12-6/h1-3H,4H2,(H,9,15)(H,10,16)(H,11,12,13,14). The normalized spacial score (nSPS) is 10.0. The van der Waals surface area contributed by atoms with Gasteiger partial charge in [0.15, 0.2) is 5.82 Å². The molecule has 0 saturated heterocycles. The summed E-state index contributed by atoms with van der Waals surface area (Å²) in [6, 6.07) is 3.01. The van der Waals surface area contributed by atoms with Gasteiger partial charge in [-0.25, -0.2) is 0 Å². The Hall–Kier alpha value is -2.51. The van der Waals surface area contributed by atoms with E-state index < -0.39 is 11.5 Å². The third-order valence-corrected chi connectivity index (χ3v) is 1.86. The highest BCUT2D eigenvalue weighted by molar-refractivity contribution is 5.93. The van der Waals surface area contributed by atoms with E-state index in [4.69, 9.17) is 0 Å². The van der Waals surface area contributed by atoms with Crippen LogP contribution in [0, 0.1) is 0 Å². The second-order valence-electron chi connectivity index (χ2n) is 2.92. The number of hydrogen-bond acceptors (Lipinski definition) is 5. The third kappa shape index (κ3) is 2.11. The molecule has 8 nitrogen and oxygen atoms in total. The highest BCUT2D eigenvalue weighted by atomic mass is 16.2. The number of amides is 1. The van der Waals surface area contributed by atoms with Crippen molar-refractivity contribution in [2.75, 3.05) is 0 Å². The summed E-state index contributed by atoms with van der Waals surface area (Å²) in [5, 5.41) is 15.4. The second-order valence-corrected chi connectivity index (χ2v) is 2.92. The smallest absolute Gasteiger partial charge is 0.260 e. The van der Waals surface area contributed by atoms with Gasteiger partial charge in [-0.3, -0.25) is 9.59 Å². The first-order chi connectivity index (χ1) is 7.77. The molecule has 1 amide bonds. The number of nitrogens with one attached hydrogen (secondary N) is 3. The van der Waals surface area contributed by atoms with Crippen LogP contribution < -0.4 is 10.9 Å². The lowest BCUT2D eigenvalue weighted by Crippen LogP contribution is -2.29. The molecule has 82 valence electrons. The van der Waals surface area contributed by atoms with E-state index >= 15 is 0 Å². The van der Waals surface area contributed by atoms with E-state index in [1.807, 2.05) is 0 Å². The average molecular weight is 220 g/mol. The summed E-state index contributed by atoms with van der Waals surface area (Å²) >= 11 is 0. The Kier molecular flexibility index (Phi) is 2.72. The minimum atomic E-state index is -0.480. The molecule has 0 unspecified atom stereocenters. The monoisotopic (exact) mass is 220 g/mol. The molecular weight excluding hydrogens is 212 g/mol. The molecule has 16 heavy (non-hydrogen) atoms. The molecular formula is C8H8N6O2. The van der Waals surface area contributed by atoms with Crippen LogP contribution in [0.5, 0.6) is 0 Å². The van der Waals surface area contributed by atoms with Gasteiger partial charge in [0.1, 0.15) is 5.56 Å². The number of nitrogens with zero attached hydrogens (tertiary/aromatic N) is 3. The van der Waals surface area contributed by atoms with Crippen LogP contribution in [0.25, 0.3) is 0 Å². The van der Waals surface area contributed by atoms with E-state index in [9.17, 15) is 9.59 Å². The first-order valence-electron chi connectivity index (χ1n) is 4.45. The number of carbonyl (C=O) groups excluding carboxylic acids is 1. The summed E-state index contributed by atoms with van der Waals surface area (Å²) in [6.07, 6.45) is 1.46. The average Bonchev–Trinajstić information content (AvgIpc) is 2.79. The molecule has 0 aliphatic carbocycles. The largest absolute Gasteiger partial charge is 0.344 e. The fourth-order valence-corrected chi connectivity index (χ4v) is 1.11. The van der Waals surface area contributed by atoms with Crippen LogP contribution in [0.4, 0.5) is 0 Å². The third-order valence-electron chi connectivity index (χ3n) is 1.86. The molecule has 2 aromatic heterocycles. The van der Waals surface area contributed by atoms with Crippen LogP contribution in [0.15, 0.2) is 23.1 Å². The number of tetrazole rings is 1. The lowest BCUT2D eigenvalue weighted by Gasteiger charge is -2.00. The van der Waals surface area contributed by atoms with Gasteiger partial charge in [0.05, 0.1) is 6.54 Å². The number of aromatic amines is 2. The van der Waals surface area contributed by atoms with E-state index in [-0.39, 0.29) is 12.1 Å². The molecule has 0 atom stereocenters. The first-order valence-corrected chi connectivity index (χ1v) is 4.45. The predicted molar refractivity (Wildman–Crippen MR) is 52.4 cm³/mol. The maximum atomic E-state index is 11.5. The van der Waals surface area contributed by atoms with E-state index in [1.54, 1.807) is 6.07 Å². The van der Waals surface area contributed by atoms with Crippen LogP contribution in [0.3, 0.4) is 0 Å². The number of rotatable bonds is 3. The first kappa shape index (κ1) is 10.0.